The normalized spacial score (nSPS) is 13.9. The van der Waals surface area contributed by atoms with Crippen LogP contribution in [-0.4, -0.2) is 70.8 Å². The molecule has 1 aromatic heterocycles. The molecule has 4 rings (SSSR count). The van der Waals surface area contributed by atoms with Crippen molar-refractivity contribution in [2.45, 2.75) is 32.7 Å². The van der Waals surface area contributed by atoms with Gasteiger partial charge >= 0.3 is 5.97 Å². The smallest absolute Gasteiger partial charge is 0.323 e. The summed E-state index contributed by atoms with van der Waals surface area (Å²) in [5, 5.41) is 16.0. The number of nitrogens with zero attached hydrogens (tertiary/aromatic N) is 3. The Morgan fingerprint density at radius 2 is 2.07 bits per heavy atom. The highest BCUT2D eigenvalue weighted by Gasteiger charge is 2.23. The number of hydrogen-bond acceptors (Lipinski definition) is 9. The zero-order chi connectivity index (χ0) is 29.4. The summed E-state index contributed by atoms with van der Waals surface area (Å²) < 4.78 is 24.8. The Hall–Kier alpha value is -3.80. The maximum atomic E-state index is 13.6. The molecule has 1 aliphatic rings. The number of rotatable bonds is 14. The van der Waals surface area contributed by atoms with Crippen LogP contribution in [0.2, 0.25) is 5.02 Å². The Labute approximate surface area is 242 Å². The van der Waals surface area contributed by atoms with E-state index in [9.17, 15) is 19.1 Å². The first-order valence-corrected chi connectivity index (χ1v) is 13.8. The number of benzene rings is 2. The lowest BCUT2D eigenvalue weighted by Crippen LogP contribution is -2.41. The molecular weight excluding hydrogens is 553 g/mol. The van der Waals surface area contributed by atoms with E-state index in [4.69, 9.17) is 21.1 Å². The van der Waals surface area contributed by atoms with E-state index in [1.54, 1.807) is 43.0 Å². The van der Waals surface area contributed by atoms with E-state index >= 15 is 0 Å². The van der Waals surface area contributed by atoms with Gasteiger partial charge < -0.3 is 25.2 Å². The van der Waals surface area contributed by atoms with Crippen molar-refractivity contribution in [3.63, 3.8) is 0 Å². The standard InChI is InChI=1S/C29H33ClFN5O5/c1-3-40-29(39)18(2)36(11-12-37)10-4-5-27(38)35-25-14-21-24(15-26(25)41-16-19-6-7-19)32-17-33-28(21)34-20-8-9-23(31)22(30)13-20/h4-5,8-9,13-15,17-19,37H,3,6-7,10-12,16H2,1-2H3,(H,35,38)(H,32,33,34). The number of hydrogen-bond donors (Lipinski definition) is 3. The number of ether oxygens (including phenoxy) is 2. The van der Waals surface area contributed by atoms with E-state index in [2.05, 4.69) is 20.6 Å². The number of aromatic nitrogens is 2. The van der Waals surface area contributed by atoms with Crippen LogP contribution in [0.15, 0.2) is 48.8 Å². The summed E-state index contributed by atoms with van der Waals surface area (Å²) in [5.41, 5.74) is 1.54. The molecule has 0 saturated heterocycles. The van der Waals surface area contributed by atoms with Crippen LogP contribution in [0, 0.1) is 11.7 Å². The second-order valence-electron chi connectivity index (χ2n) is 9.63. The van der Waals surface area contributed by atoms with Crippen LogP contribution in [0.3, 0.4) is 0 Å². The molecule has 0 aliphatic heterocycles. The van der Waals surface area contributed by atoms with Gasteiger partial charge in [0.05, 0.1) is 36.0 Å². The first-order chi connectivity index (χ1) is 19.8. The van der Waals surface area contributed by atoms with E-state index in [0.717, 1.165) is 12.8 Å². The summed E-state index contributed by atoms with van der Waals surface area (Å²) in [5.74, 6) is 0.0458. The molecular formula is C29H33ClFN5O5. The topological polar surface area (TPSA) is 126 Å². The fourth-order valence-corrected chi connectivity index (χ4v) is 4.24. The molecule has 0 spiro atoms. The zero-order valence-electron chi connectivity index (χ0n) is 22.9. The van der Waals surface area contributed by atoms with Crippen molar-refractivity contribution in [1.29, 1.82) is 0 Å². The molecule has 1 saturated carbocycles. The quantitative estimate of drug-likeness (QED) is 0.182. The fraction of sp³-hybridized carbons (Fsp3) is 0.379. The summed E-state index contributed by atoms with van der Waals surface area (Å²) >= 11 is 5.94. The minimum absolute atomic E-state index is 0.0296. The monoisotopic (exact) mass is 585 g/mol. The third-order valence-electron chi connectivity index (χ3n) is 6.52. The molecule has 1 aliphatic carbocycles. The molecule has 1 fully saturated rings. The Bertz CT molecular complexity index is 1420. The van der Waals surface area contributed by atoms with Gasteiger partial charge in [0.1, 0.15) is 29.8 Å². The first kappa shape index (κ1) is 30.2. The van der Waals surface area contributed by atoms with Gasteiger partial charge in [0.15, 0.2) is 0 Å². The molecule has 218 valence electrons. The Balaban J connectivity index is 1.55. The van der Waals surface area contributed by atoms with Gasteiger partial charge in [0.25, 0.3) is 0 Å². The van der Waals surface area contributed by atoms with Gasteiger partial charge in [0.2, 0.25) is 5.91 Å². The summed E-state index contributed by atoms with van der Waals surface area (Å²) in [6, 6.07) is 7.13. The van der Waals surface area contributed by atoms with E-state index in [1.165, 1.54) is 24.5 Å². The lowest BCUT2D eigenvalue weighted by atomic mass is 10.1. The predicted molar refractivity (Wildman–Crippen MR) is 155 cm³/mol. The van der Waals surface area contributed by atoms with Crippen molar-refractivity contribution >= 4 is 51.6 Å². The zero-order valence-corrected chi connectivity index (χ0v) is 23.7. The average molecular weight is 586 g/mol. The van der Waals surface area contributed by atoms with Gasteiger partial charge in [0, 0.05) is 36.3 Å². The van der Waals surface area contributed by atoms with Crippen molar-refractivity contribution in [2.75, 3.05) is 43.5 Å². The number of esters is 1. The van der Waals surface area contributed by atoms with Crippen LogP contribution in [-0.2, 0) is 14.3 Å². The van der Waals surface area contributed by atoms with E-state index < -0.39 is 23.7 Å². The summed E-state index contributed by atoms with van der Waals surface area (Å²) in [4.78, 5) is 35.5. The summed E-state index contributed by atoms with van der Waals surface area (Å²) in [7, 11) is 0. The maximum Gasteiger partial charge on any atom is 0.323 e. The van der Waals surface area contributed by atoms with Crippen LogP contribution in [0.4, 0.5) is 21.6 Å². The number of aliphatic hydroxyl groups excluding tert-OH is 1. The SMILES string of the molecule is CCOC(=O)C(C)N(CC=CC(=O)Nc1cc2c(Nc3ccc(F)c(Cl)c3)ncnc2cc1OCC1CC1)CCO. The van der Waals surface area contributed by atoms with E-state index in [0.29, 0.717) is 46.4 Å². The van der Waals surface area contributed by atoms with Gasteiger partial charge in [-0.05, 0) is 56.9 Å². The van der Waals surface area contributed by atoms with E-state index in [-0.39, 0.29) is 31.3 Å². The Kier molecular flexibility index (Phi) is 10.4. The first-order valence-electron chi connectivity index (χ1n) is 13.4. The Morgan fingerprint density at radius 3 is 2.78 bits per heavy atom. The minimum atomic E-state index is -0.584. The largest absolute Gasteiger partial charge is 0.491 e. The third-order valence-corrected chi connectivity index (χ3v) is 6.81. The number of fused-ring (bicyclic) bond motifs is 1. The number of anilines is 3. The summed E-state index contributed by atoms with van der Waals surface area (Å²) in [6.45, 7) is 4.54. The molecule has 3 N–H and O–H groups in total. The van der Waals surface area contributed by atoms with Crippen molar-refractivity contribution < 1.29 is 28.6 Å². The molecule has 1 heterocycles. The fourth-order valence-electron chi connectivity index (χ4n) is 4.06. The average Bonchev–Trinajstić information content (AvgIpc) is 3.78. The molecule has 3 aromatic rings. The maximum absolute atomic E-state index is 13.6. The lowest BCUT2D eigenvalue weighted by Gasteiger charge is -2.25. The molecule has 0 bridgehead atoms. The molecule has 0 radical (unpaired) electrons. The highest BCUT2D eigenvalue weighted by molar-refractivity contribution is 6.31. The Morgan fingerprint density at radius 1 is 1.27 bits per heavy atom. The number of carbonyl (C=O) groups excluding carboxylic acids is 2. The van der Waals surface area contributed by atoms with E-state index in [1.807, 2.05) is 0 Å². The number of nitrogens with one attached hydrogen (secondary N) is 2. The van der Waals surface area contributed by atoms with Crippen molar-refractivity contribution in [3.8, 4) is 5.75 Å². The highest BCUT2D eigenvalue weighted by Crippen LogP contribution is 2.36. The van der Waals surface area contributed by atoms with Gasteiger partial charge in [-0.15, -0.1) is 0 Å². The molecule has 12 heteroatoms. The van der Waals surface area contributed by atoms with Crippen molar-refractivity contribution in [3.05, 3.63) is 59.7 Å². The van der Waals surface area contributed by atoms with Crippen LogP contribution in [0.1, 0.15) is 26.7 Å². The number of halogens is 2. The molecule has 1 unspecified atom stereocenters. The summed E-state index contributed by atoms with van der Waals surface area (Å²) in [6.07, 6.45) is 6.57. The van der Waals surface area contributed by atoms with Crippen LogP contribution >= 0.6 is 11.6 Å². The molecule has 10 nitrogen and oxygen atoms in total. The third kappa shape index (κ3) is 8.35. The van der Waals surface area contributed by atoms with Crippen molar-refractivity contribution in [1.82, 2.24) is 14.9 Å². The van der Waals surface area contributed by atoms with Crippen LogP contribution in [0.5, 0.6) is 5.75 Å². The number of amides is 1. The predicted octanol–water partition coefficient (Wildman–Crippen LogP) is 4.70. The molecule has 41 heavy (non-hydrogen) atoms. The molecule has 1 atom stereocenters. The minimum Gasteiger partial charge on any atom is -0.491 e. The molecule has 2 aromatic carbocycles. The number of aliphatic hydroxyl groups is 1. The number of carbonyl (C=O) groups is 2. The highest BCUT2D eigenvalue weighted by atomic mass is 35.5. The van der Waals surface area contributed by atoms with Crippen molar-refractivity contribution in [2.24, 2.45) is 5.92 Å². The second-order valence-corrected chi connectivity index (χ2v) is 10.0. The van der Waals surface area contributed by atoms with Gasteiger partial charge in [-0.25, -0.2) is 14.4 Å². The van der Waals surface area contributed by atoms with Gasteiger partial charge in [-0.1, -0.05) is 17.7 Å². The van der Waals surface area contributed by atoms with Gasteiger partial charge in [-0.3, -0.25) is 14.5 Å². The lowest BCUT2D eigenvalue weighted by molar-refractivity contribution is -0.148. The molecule has 1 amide bonds. The van der Waals surface area contributed by atoms with Crippen LogP contribution < -0.4 is 15.4 Å². The second kappa shape index (κ2) is 14.2. The van der Waals surface area contributed by atoms with Crippen LogP contribution in [0.25, 0.3) is 10.9 Å². The van der Waals surface area contributed by atoms with Gasteiger partial charge in [-0.2, -0.15) is 0 Å².